The zero-order chi connectivity index (χ0) is 12.3. The van der Waals surface area contributed by atoms with Gasteiger partial charge in [-0.2, -0.15) is 0 Å². The molecule has 88 valence electrons. The van der Waals surface area contributed by atoms with Gasteiger partial charge in [0.05, 0.1) is 6.61 Å². The molecule has 1 atom stereocenters. The molecule has 16 heavy (non-hydrogen) atoms. The largest absolute Gasteiger partial charge is 0.464 e. The molecule has 1 aromatic carbocycles. The predicted molar refractivity (Wildman–Crippen MR) is 62.7 cm³/mol. The summed E-state index contributed by atoms with van der Waals surface area (Å²) >= 11 is 11.7. The third kappa shape index (κ3) is 2.67. The molecule has 0 heterocycles. The molecule has 3 nitrogen and oxygen atoms in total. The molecule has 0 amide bonds. The summed E-state index contributed by atoms with van der Waals surface area (Å²) in [5, 5.41) is 10.7. The summed E-state index contributed by atoms with van der Waals surface area (Å²) in [4.78, 5) is 11.6. The average Bonchev–Trinajstić information content (AvgIpc) is 2.22. The molecule has 0 bridgehead atoms. The van der Waals surface area contributed by atoms with Crippen molar-refractivity contribution in [3.05, 3.63) is 33.8 Å². The number of benzene rings is 1. The molecule has 0 radical (unpaired) electrons. The van der Waals surface area contributed by atoms with E-state index in [4.69, 9.17) is 27.9 Å². The van der Waals surface area contributed by atoms with E-state index in [-0.39, 0.29) is 17.2 Å². The van der Waals surface area contributed by atoms with E-state index in [1.165, 1.54) is 19.1 Å². The normalized spacial score (nSPS) is 14.3. The molecule has 5 heteroatoms. The zero-order valence-electron chi connectivity index (χ0n) is 8.96. The average molecular weight is 263 g/mol. The van der Waals surface area contributed by atoms with Crippen LogP contribution < -0.4 is 0 Å². The minimum absolute atomic E-state index is 0.188. The van der Waals surface area contributed by atoms with Crippen LogP contribution in [0.4, 0.5) is 0 Å². The minimum Gasteiger partial charge on any atom is -0.464 e. The number of hydrogen-bond donors (Lipinski definition) is 1. The second kappa shape index (κ2) is 5.04. The molecule has 0 saturated carbocycles. The van der Waals surface area contributed by atoms with Crippen LogP contribution in [-0.2, 0) is 15.1 Å². The number of carbonyl (C=O) groups excluding carboxylic acids is 1. The van der Waals surface area contributed by atoms with E-state index in [0.29, 0.717) is 5.02 Å². The van der Waals surface area contributed by atoms with Gasteiger partial charge in [-0.3, -0.25) is 0 Å². The fourth-order valence-electron chi connectivity index (χ4n) is 1.25. The molecule has 1 rings (SSSR count). The summed E-state index contributed by atoms with van der Waals surface area (Å²) in [7, 11) is 0. The van der Waals surface area contributed by atoms with E-state index in [1.54, 1.807) is 13.0 Å². The van der Waals surface area contributed by atoms with E-state index < -0.39 is 11.6 Å². The highest BCUT2D eigenvalue weighted by molar-refractivity contribution is 6.33. The summed E-state index contributed by atoms with van der Waals surface area (Å²) in [5.41, 5.74) is -1.56. The van der Waals surface area contributed by atoms with Gasteiger partial charge in [-0.25, -0.2) is 4.79 Å². The first-order chi connectivity index (χ1) is 7.39. The lowest BCUT2D eigenvalue weighted by atomic mass is 9.96. The van der Waals surface area contributed by atoms with Crippen molar-refractivity contribution in [1.82, 2.24) is 0 Å². The van der Waals surface area contributed by atoms with E-state index in [9.17, 15) is 9.90 Å². The topological polar surface area (TPSA) is 46.5 Å². The molecule has 0 aliphatic rings. The summed E-state index contributed by atoms with van der Waals surface area (Å²) in [5.74, 6) is -0.751. The van der Waals surface area contributed by atoms with Crippen LogP contribution >= 0.6 is 23.2 Å². The van der Waals surface area contributed by atoms with Gasteiger partial charge in [-0.1, -0.05) is 23.2 Å². The van der Waals surface area contributed by atoms with Crippen LogP contribution in [0.25, 0.3) is 0 Å². The van der Waals surface area contributed by atoms with Crippen molar-refractivity contribution in [2.24, 2.45) is 0 Å². The first-order valence-corrected chi connectivity index (χ1v) is 5.50. The number of carbonyl (C=O) groups is 1. The van der Waals surface area contributed by atoms with Gasteiger partial charge in [0.25, 0.3) is 0 Å². The van der Waals surface area contributed by atoms with Crippen LogP contribution in [0.3, 0.4) is 0 Å². The Morgan fingerprint density at radius 1 is 1.50 bits per heavy atom. The monoisotopic (exact) mass is 262 g/mol. The molecule has 0 fully saturated rings. The Balaban J connectivity index is 3.15. The molecule has 0 saturated heterocycles. The van der Waals surface area contributed by atoms with Crippen molar-refractivity contribution in [2.45, 2.75) is 19.4 Å². The van der Waals surface area contributed by atoms with E-state index in [2.05, 4.69) is 0 Å². The highest BCUT2D eigenvalue weighted by Gasteiger charge is 2.36. The molecule has 0 spiro atoms. The Morgan fingerprint density at radius 3 is 2.69 bits per heavy atom. The quantitative estimate of drug-likeness (QED) is 0.853. The number of rotatable bonds is 3. The molecule has 1 unspecified atom stereocenters. The molecule has 1 aromatic rings. The van der Waals surface area contributed by atoms with Crippen LogP contribution in [0.15, 0.2) is 18.2 Å². The molecular formula is C11H12Cl2O3. The smallest absolute Gasteiger partial charge is 0.342 e. The van der Waals surface area contributed by atoms with E-state index >= 15 is 0 Å². The first-order valence-electron chi connectivity index (χ1n) is 4.74. The molecule has 1 N–H and O–H groups in total. The second-order valence-corrected chi connectivity index (χ2v) is 4.26. The van der Waals surface area contributed by atoms with Crippen LogP contribution in [0.1, 0.15) is 19.4 Å². The van der Waals surface area contributed by atoms with Gasteiger partial charge in [-0.05, 0) is 32.0 Å². The Hall–Kier alpha value is -0.770. The first kappa shape index (κ1) is 13.3. The zero-order valence-corrected chi connectivity index (χ0v) is 10.5. The maximum absolute atomic E-state index is 11.6. The predicted octanol–water partition coefficient (Wildman–Crippen LogP) is 2.76. The maximum Gasteiger partial charge on any atom is 0.342 e. The number of hydrogen-bond acceptors (Lipinski definition) is 3. The minimum atomic E-state index is -1.79. The summed E-state index contributed by atoms with van der Waals surface area (Å²) in [6, 6.07) is 4.54. The Bertz CT molecular complexity index is 402. The van der Waals surface area contributed by atoms with Gasteiger partial charge < -0.3 is 9.84 Å². The highest BCUT2D eigenvalue weighted by atomic mass is 35.5. The van der Waals surface area contributed by atoms with Crippen molar-refractivity contribution >= 4 is 29.2 Å². The van der Waals surface area contributed by atoms with Gasteiger partial charge in [-0.15, -0.1) is 0 Å². The maximum atomic E-state index is 11.6. The highest BCUT2D eigenvalue weighted by Crippen LogP contribution is 2.31. The molecule has 0 aliphatic carbocycles. The van der Waals surface area contributed by atoms with Crippen molar-refractivity contribution in [1.29, 1.82) is 0 Å². The van der Waals surface area contributed by atoms with E-state index in [1.807, 2.05) is 0 Å². The lowest BCUT2D eigenvalue weighted by molar-refractivity contribution is -0.164. The lowest BCUT2D eigenvalue weighted by Crippen LogP contribution is -2.34. The SMILES string of the molecule is CCOC(=O)C(C)(O)c1cc(Cl)ccc1Cl. The van der Waals surface area contributed by atoms with Crippen molar-refractivity contribution in [2.75, 3.05) is 6.61 Å². The number of aliphatic hydroxyl groups is 1. The summed E-state index contributed by atoms with van der Waals surface area (Å²) < 4.78 is 4.77. The second-order valence-electron chi connectivity index (χ2n) is 3.42. The van der Waals surface area contributed by atoms with Gasteiger partial charge in [0, 0.05) is 15.6 Å². The van der Waals surface area contributed by atoms with Crippen molar-refractivity contribution < 1.29 is 14.6 Å². The third-order valence-corrected chi connectivity index (χ3v) is 2.69. The van der Waals surface area contributed by atoms with Gasteiger partial charge >= 0.3 is 5.97 Å². The van der Waals surface area contributed by atoms with Crippen LogP contribution in [-0.4, -0.2) is 17.7 Å². The Kier molecular flexibility index (Phi) is 4.19. The van der Waals surface area contributed by atoms with Gasteiger partial charge in [0.15, 0.2) is 5.60 Å². The van der Waals surface area contributed by atoms with E-state index in [0.717, 1.165) is 0 Å². The van der Waals surface area contributed by atoms with Crippen molar-refractivity contribution in [3.63, 3.8) is 0 Å². The van der Waals surface area contributed by atoms with Crippen LogP contribution in [0.5, 0.6) is 0 Å². The lowest BCUT2D eigenvalue weighted by Gasteiger charge is -2.22. The van der Waals surface area contributed by atoms with Gasteiger partial charge in [0.2, 0.25) is 0 Å². The molecule has 0 aromatic heterocycles. The summed E-state index contributed by atoms with van der Waals surface area (Å²) in [6.45, 7) is 3.17. The standard InChI is InChI=1S/C11H12Cl2O3/c1-3-16-10(14)11(2,15)8-6-7(12)4-5-9(8)13/h4-6,15H,3H2,1-2H3. The van der Waals surface area contributed by atoms with Gasteiger partial charge in [0.1, 0.15) is 0 Å². The number of esters is 1. The molecule has 0 aliphatic heterocycles. The number of ether oxygens (including phenoxy) is 1. The number of halogens is 2. The third-order valence-electron chi connectivity index (χ3n) is 2.13. The fraction of sp³-hybridized carbons (Fsp3) is 0.364. The Morgan fingerprint density at radius 2 is 2.12 bits per heavy atom. The van der Waals surface area contributed by atoms with Crippen LogP contribution in [0, 0.1) is 0 Å². The fourth-order valence-corrected chi connectivity index (χ4v) is 1.73. The summed E-state index contributed by atoms with van der Waals surface area (Å²) in [6.07, 6.45) is 0. The Labute approximate surface area is 104 Å². The van der Waals surface area contributed by atoms with Crippen molar-refractivity contribution in [3.8, 4) is 0 Å². The molecular weight excluding hydrogens is 251 g/mol. The van der Waals surface area contributed by atoms with Crippen LogP contribution in [0.2, 0.25) is 10.0 Å².